The Labute approximate surface area is 343 Å². The molecule has 0 radical (unpaired) electrons. The topological polar surface area (TPSA) is 329 Å². The van der Waals surface area contributed by atoms with E-state index in [0.717, 1.165) is 51.9 Å². The lowest BCUT2D eigenvalue weighted by atomic mass is 9.96. The van der Waals surface area contributed by atoms with Crippen LogP contribution in [-0.4, -0.2) is 136 Å². The van der Waals surface area contributed by atoms with Crippen molar-refractivity contribution in [3.8, 4) is 0 Å². The summed E-state index contributed by atoms with van der Waals surface area (Å²) in [5.41, 5.74) is -5.48. The van der Waals surface area contributed by atoms with E-state index in [2.05, 4.69) is 24.5 Å². The van der Waals surface area contributed by atoms with Gasteiger partial charge in [0, 0.05) is 13.1 Å². The molecule has 0 aromatic rings. The molecule has 0 saturated carbocycles. The van der Waals surface area contributed by atoms with E-state index in [1.807, 2.05) is 0 Å². The first-order chi connectivity index (χ1) is 27.3. The minimum atomic E-state index is -2.74. The van der Waals surface area contributed by atoms with E-state index in [-0.39, 0.29) is 12.2 Å². The van der Waals surface area contributed by atoms with Crippen LogP contribution in [0.3, 0.4) is 0 Å². The van der Waals surface area contributed by atoms with Crippen molar-refractivity contribution in [1.29, 1.82) is 0 Å². The quantitative estimate of drug-likeness (QED) is 0.0389. The van der Waals surface area contributed by atoms with Crippen LogP contribution in [-0.2, 0) is 28.8 Å². The summed E-state index contributed by atoms with van der Waals surface area (Å²) in [7, 11) is 0. The highest BCUT2D eigenvalue weighted by molar-refractivity contribution is 5.88. The van der Waals surface area contributed by atoms with Gasteiger partial charge in [-0.05, 0) is 38.8 Å². The maximum absolute atomic E-state index is 10.3. The van der Waals surface area contributed by atoms with Gasteiger partial charge in [-0.1, -0.05) is 117 Å². The molecule has 0 bridgehead atoms. The van der Waals surface area contributed by atoms with E-state index in [1.54, 1.807) is 0 Å². The third-order valence-electron chi connectivity index (χ3n) is 9.07. The summed E-state index contributed by atoms with van der Waals surface area (Å²) in [6.07, 6.45) is 20.1. The summed E-state index contributed by atoms with van der Waals surface area (Å²) < 4.78 is 0. The van der Waals surface area contributed by atoms with Crippen molar-refractivity contribution in [2.75, 3.05) is 26.2 Å². The Morgan fingerprint density at radius 3 is 0.897 bits per heavy atom. The zero-order valence-corrected chi connectivity index (χ0v) is 34.9. The van der Waals surface area contributed by atoms with Crippen LogP contribution in [0.5, 0.6) is 0 Å². The second-order valence-corrected chi connectivity index (χ2v) is 14.9. The zero-order chi connectivity index (χ0) is 44.8. The molecule has 0 rings (SSSR count). The van der Waals surface area contributed by atoms with Crippen molar-refractivity contribution in [2.24, 2.45) is 0 Å². The highest BCUT2D eigenvalue weighted by Gasteiger charge is 2.41. The number of hydrogen-bond acceptors (Lipinski definition) is 12. The molecule has 0 aromatic heterocycles. The van der Waals surface area contributed by atoms with Gasteiger partial charge in [0.1, 0.15) is 0 Å². The smallest absolute Gasteiger partial charge is 0.336 e. The van der Waals surface area contributed by atoms with Crippen molar-refractivity contribution >= 4 is 35.8 Å². The van der Waals surface area contributed by atoms with Crippen molar-refractivity contribution in [3.63, 3.8) is 0 Å². The normalized spacial score (nSPS) is 12.3. The molecule has 0 saturated heterocycles. The monoisotopic (exact) mass is 841 g/mol. The highest BCUT2D eigenvalue weighted by Crippen LogP contribution is 2.17. The van der Waals surface area contributed by atoms with Crippen molar-refractivity contribution in [3.05, 3.63) is 0 Å². The van der Waals surface area contributed by atoms with Gasteiger partial charge in [-0.2, -0.15) is 0 Å². The highest BCUT2D eigenvalue weighted by atomic mass is 16.4. The van der Waals surface area contributed by atoms with Crippen LogP contribution in [0.2, 0.25) is 0 Å². The Kier molecular flexibility index (Phi) is 38.4. The largest absolute Gasteiger partial charge is 0.481 e. The number of aliphatic hydroxyl groups is 4. The fourth-order valence-electron chi connectivity index (χ4n) is 5.70. The lowest BCUT2D eigenvalue weighted by molar-refractivity contribution is -0.170. The first-order valence-electron chi connectivity index (χ1n) is 20.8. The van der Waals surface area contributed by atoms with Gasteiger partial charge in [-0.25, -0.2) is 9.59 Å². The van der Waals surface area contributed by atoms with E-state index in [1.165, 1.54) is 103 Å². The van der Waals surface area contributed by atoms with Crippen molar-refractivity contribution in [2.45, 2.75) is 191 Å². The van der Waals surface area contributed by atoms with Gasteiger partial charge in [0.15, 0.2) is 11.2 Å². The van der Waals surface area contributed by atoms with Gasteiger partial charge in [-0.3, -0.25) is 19.2 Å². The zero-order valence-electron chi connectivity index (χ0n) is 34.9. The number of carboxylic acids is 6. The van der Waals surface area contributed by atoms with Crippen LogP contribution >= 0.6 is 0 Å². The van der Waals surface area contributed by atoms with Gasteiger partial charge in [-0.15, -0.1) is 0 Å². The second kappa shape index (κ2) is 37.8. The molecule has 0 spiro atoms. The van der Waals surface area contributed by atoms with Gasteiger partial charge in [0.05, 0.1) is 37.9 Å². The number of carboxylic acid groups (broad SMARTS) is 6. The minimum absolute atomic E-state index is 0.178. The van der Waals surface area contributed by atoms with E-state index in [4.69, 9.17) is 40.9 Å². The lowest BCUT2D eigenvalue weighted by Crippen LogP contribution is -2.42. The molecule has 58 heavy (non-hydrogen) atoms. The van der Waals surface area contributed by atoms with Gasteiger partial charge in [0.2, 0.25) is 0 Å². The maximum Gasteiger partial charge on any atom is 0.336 e. The summed E-state index contributed by atoms with van der Waals surface area (Å²) in [5.74, 6) is -10.0. The Balaban J connectivity index is -0.000000949. The third-order valence-corrected chi connectivity index (χ3v) is 9.07. The van der Waals surface area contributed by atoms with Crippen molar-refractivity contribution in [1.82, 2.24) is 10.6 Å². The molecule has 0 fully saturated rings. The molecule has 2 unspecified atom stereocenters. The molecule has 0 amide bonds. The van der Waals surface area contributed by atoms with Crippen LogP contribution in [0, 0.1) is 0 Å². The number of nitrogens with one attached hydrogen (secondary N) is 2. The number of hydrogen-bond donors (Lipinski definition) is 12. The number of aliphatic carboxylic acids is 6. The average Bonchev–Trinajstić information content (AvgIpc) is 3.10. The first kappa shape index (κ1) is 58.9. The molecule has 18 heteroatoms. The van der Waals surface area contributed by atoms with E-state index in [0.29, 0.717) is 0 Å². The summed E-state index contributed by atoms with van der Waals surface area (Å²) in [4.78, 5) is 61.0. The summed E-state index contributed by atoms with van der Waals surface area (Å²) in [6.45, 7) is 8.03. The Hall–Kier alpha value is -3.42. The number of unbranched alkanes of at least 4 members (excludes halogenated alkanes) is 15. The minimum Gasteiger partial charge on any atom is -0.481 e. The Morgan fingerprint density at radius 1 is 0.414 bits per heavy atom. The second-order valence-electron chi connectivity index (χ2n) is 14.9. The van der Waals surface area contributed by atoms with Gasteiger partial charge < -0.3 is 61.7 Å². The van der Waals surface area contributed by atoms with E-state index < -0.39 is 72.7 Å². The first-order valence-corrected chi connectivity index (χ1v) is 20.8. The van der Waals surface area contributed by atoms with Crippen LogP contribution in [0.15, 0.2) is 0 Å². The molecule has 2 atom stereocenters. The fraction of sp³-hybridized carbons (Fsp3) is 0.850. The molecular weight excluding hydrogens is 764 g/mol. The molecule has 0 heterocycles. The maximum atomic E-state index is 10.3. The molecular formula is C40H76N2O16. The Morgan fingerprint density at radius 2 is 0.655 bits per heavy atom. The number of rotatable bonds is 37. The molecule has 18 nitrogen and oxygen atoms in total. The summed E-state index contributed by atoms with van der Waals surface area (Å²) >= 11 is 0. The van der Waals surface area contributed by atoms with Crippen LogP contribution in [0.25, 0.3) is 0 Å². The van der Waals surface area contributed by atoms with E-state index >= 15 is 0 Å². The van der Waals surface area contributed by atoms with E-state index in [9.17, 15) is 39.0 Å². The predicted molar refractivity (Wildman–Crippen MR) is 216 cm³/mol. The molecule has 12 N–H and O–H groups in total. The molecule has 342 valence electrons. The predicted octanol–water partition coefficient (Wildman–Crippen LogP) is 4.23. The summed E-state index contributed by atoms with van der Waals surface area (Å²) in [5, 5.41) is 94.6. The standard InChI is InChI=1S/C28H60N2O2.2C6H8O7/c1-3-5-7-9-11-13-17-21-27(31)25-29-23-19-15-16-20-24-30-26-28(32)22-18-14-12-10-8-6-4-2;2*7-3(8)1-6(13,5(11)12)2-4(9)10/h27-32H,3-26H2,1-2H3;2*13H,1-2H2,(H,7,8)(H,9,10)(H,11,12). The fourth-order valence-corrected chi connectivity index (χ4v) is 5.70. The summed E-state index contributed by atoms with van der Waals surface area (Å²) in [6, 6.07) is 0. The SMILES string of the molecule is CCCCCCCCCC(O)CNCCCCCCNCC(O)CCCCCCCCC.O=C(O)CC(O)(CC(=O)O)C(=O)O.O=C(O)CC(O)(CC(=O)O)C(=O)O. The lowest BCUT2D eigenvalue weighted by Gasteiger charge is -2.18. The van der Waals surface area contributed by atoms with Crippen LogP contribution in [0.1, 0.15) is 168 Å². The molecule has 0 aliphatic rings. The molecule has 0 aromatic carbocycles. The van der Waals surface area contributed by atoms with Crippen LogP contribution < -0.4 is 10.6 Å². The number of carbonyl (C=O) groups is 6. The number of aliphatic hydroxyl groups excluding tert-OH is 2. The molecule has 0 aliphatic carbocycles. The average molecular weight is 841 g/mol. The third kappa shape index (κ3) is 39.4. The van der Waals surface area contributed by atoms with Crippen LogP contribution in [0.4, 0.5) is 0 Å². The molecule has 0 aliphatic heterocycles. The van der Waals surface area contributed by atoms with Crippen molar-refractivity contribution < 1.29 is 79.8 Å². The Bertz CT molecular complexity index is 991. The van der Waals surface area contributed by atoms with Gasteiger partial charge >= 0.3 is 35.8 Å². The van der Waals surface area contributed by atoms with Gasteiger partial charge in [0.25, 0.3) is 0 Å².